The molecule has 0 bridgehead atoms. The molecule has 0 spiro atoms. The van der Waals surface area contributed by atoms with E-state index in [1.807, 2.05) is 0 Å². The van der Waals surface area contributed by atoms with Crippen LogP contribution in [0.15, 0.2) is 17.2 Å². The molecule has 78 valence electrons. The van der Waals surface area contributed by atoms with E-state index in [1.54, 1.807) is 0 Å². The molecule has 0 unspecified atom stereocenters. The lowest BCUT2D eigenvalue weighted by molar-refractivity contribution is 0.419. The van der Waals surface area contributed by atoms with E-state index < -0.39 is 0 Å². The van der Waals surface area contributed by atoms with Crippen LogP contribution in [0.3, 0.4) is 0 Å². The quantitative estimate of drug-likeness (QED) is 0.838. The Kier molecular flexibility index (Phi) is 2.54. The largest absolute Gasteiger partial charge is 0.493 e. The van der Waals surface area contributed by atoms with Gasteiger partial charge in [-0.25, -0.2) is 4.98 Å². The van der Waals surface area contributed by atoms with Crippen LogP contribution in [-0.4, -0.2) is 17.1 Å². The Labute approximate surface area is 94.8 Å². The lowest BCUT2D eigenvalue weighted by atomic mass is 10.2. The van der Waals surface area contributed by atoms with Crippen molar-refractivity contribution in [2.24, 2.45) is 0 Å². The molecule has 4 nitrogen and oxygen atoms in total. The van der Waals surface area contributed by atoms with Crippen molar-refractivity contribution in [3.63, 3.8) is 0 Å². The van der Waals surface area contributed by atoms with Crippen LogP contribution in [0.5, 0.6) is 5.75 Å². The number of halogens is 2. The Hall–Kier alpha value is -1.26. The molecule has 2 aromatic rings. The van der Waals surface area contributed by atoms with Gasteiger partial charge in [0.25, 0.3) is 5.56 Å². The van der Waals surface area contributed by atoms with Gasteiger partial charge in [-0.3, -0.25) is 4.79 Å². The molecule has 1 N–H and O–H groups in total. The second-order valence-corrected chi connectivity index (χ2v) is 3.64. The first kappa shape index (κ1) is 10.3. The van der Waals surface area contributed by atoms with Gasteiger partial charge in [-0.1, -0.05) is 23.2 Å². The van der Waals surface area contributed by atoms with Gasteiger partial charge in [-0.15, -0.1) is 0 Å². The maximum Gasteiger partial charge on any atom is 0.260 e. The lowest BCUT2D eigenvalue weighted by Gasteiger charge is -2.06. The third-order valence-corrected chi connectivity index (χ3v) is 2.56. The first-order valence-corrected chi connectivity index (χ1v) is 4.80. The van der Waals surface area contributed by atoms with Crippen molar-refractivity contribution in [2.45, 2.75) is 0 Å². The molecule has 0 aliphatic rings. The fourth-order valence-corrected chi connectivity index (χ4v) is 1.97. The molecule has 0 saturated carbocycles. The number of benzene rings is 1. The molecule has 1 aromatic carbocycles. The molecule has 6 heteroatoms. The molecule has 0 amide bonds. The topological polar surface area (TPSA) is 55.0 Å². The standard InChI is InChI=1S/C9H6Cl2N2O2/c1-15-8-5(11)2-4(10)6-7(8)12-3-13-9(6)14/h2-3H,1H3,(H,12,13,14). The molecule has 0 fully saturated rings. The van der Waals surface area contributed by atoms with Crippen LogP contribution >= 0.6 is 23.2 Å². The molecule has 0 atom stereocenters. The summed E-state index contributed by atoms with van der Waals surface area (Å²) in [6.45, 7) is 0. The van der Waals surface area contributed by atoms with Crippen molar-refractivity contribution in [1.82, 2.24) is 9.97 Å². The van der Waals surface area contributed by atoms with Crippen molar-refractivity contribution in [1.29, 1.82) is 0 Å². The fraction of sp³-hybridized carbons (Fsp3) is 0.111. The first-order valence-electron chi connectivity index (χ1n) is 4.04. The van der Waals surface area contributed by atoms with Gasteiger partial charge in [-0.05, 0) is 6.07 Å². The van der Waals surface area contributed by atoms with Crippen LogP contribution in [-0.2, 0) is 0 Å². The number of aromatic nitrogens is 2. The SMILES string of the molecule is COc1c(Cl)cc(Cl)c2c(=O)[nH]cnc12. The molecular weight excluding hydrogens is 239 g/mol. The average molecular weight is 245 g/mol. The molecule has 0 radical (unpaired) electrons. The van der Waals surface area contributed by atoms with Gasteiger partial charge < -0.3 is 9.72 Å². The van der Waals surface area contributed by atoms with Crippen LogP contribution in [0.2, 0.25) is 10.0 Å². The molecule has 1 aromatic heterocycles. The van der Waals surface area contributed by atoms with Gasteiger partial charge in [0.2, 0.25) is 0 Å². The van der Waals surface area contributed by atoms with Crippen molar-refractivity contribution in [3.05, 3.63) is 32.8 Å². The number of hydrogen-bond acceptors (Lipinski definition) is 3. The smallest absolute Gasteiger partial charge is 0.260 e. The van der Waals surface area contributed by atoms with Crippen molar-refractivity contribution in [2.75, 3.05) is 7.11 Å². The number of fused-ring (bicyclic) bond motifs is 1. The second kappa shape index (κ2) is 3.72. The summed E-state index contributed by atoms with van der Waals surface area (Å²) in [5.41, 5.74) is 0.0405. The number of ether oxygens (including phenoxy) is 1. The van der Waals surface area contributed by atoms with Crippen LogP contribution in [0.1, 0.15) is 0 Å². The zero-order valence-electron chi connectivity index (χ0n) is 7.67. The average Bonchev–Trinajstić information content (AvgIpc) is 2.17. The van der Waals surface area contributed by atoms with Gasteiger partial charge in [0.05, 0.1) is 28.9 Å². The maximum absolute atomic E-state index is 11.5. The molecule has 0 aliphatic heterocycles. The number of nitrogens with one attached hydrogen (secondary N) is 1. The Morgan fingerprint density at radius 1 is 1.40 bits per heavy atom. The number of H-pyrrole nitrogens is 1. The minimum atomic E-state index is -0.319. The van der Waals surface area contributed by atoms with E-state index in [4.69, 9.17) is 27.9 Å². The monoisotopic (exact) mass is 244 g/mol. The number of nitrogens with zero attached hydrogens (tertiary/aromatic N) is 1. The maximum atomic E-state index is 11.5. The van der Waals surface area contributed by atoms with Gasteiger partial charge in [0.1, 0.15) is 5.52 Å². The predicted molar refractivity (Wildman–Crippen MR) is 58.9 cm³/mol. The van der Waals surface area contributed by atoms with E-state index in [2.05, 4.69) is 9.97 Å². The lowest BCUT2D eigenvalue weighted by Crippen LogP contribution is -2.07. The van der Waals surface area contributed by atoms with Crippen LogP contribution in [0, 0.1) is 0 Å². The zero-order chi connectivity index (χ0) is 11.0. The Bertz CT molecular complexity index is 580. The zero-order valence-corrected chi connectivity index (χ0v) is 9.19. The van der Waals surface area contributed by atoms with E-state index in [9.17, 15) is 4.79 Å². The second-order valence-electron chi connectivity index (χ2n) is 2.83. The number of hydrogen-bond donors (Lipinski definition) is 1. The molecule has 1 heterocycles. The summed E-state index contributed by atoms with van der Waals surface area (Å²) in [6.07, 6.45) is 1.28. The summed E-state index contributed by atoms with van der Waals surface area (Å²) in [5, 5.41) is 0.860. The number of aromatic amines is 1. The summed E-state index contributed by atoms with van der Waals surface area (Å²) in [6, 6.07) is 1.46. The van der Waals surface area contributed by atoms with E-state index in [-0.39, 0.29) is 16.0 Å². The summed E-state index contributed by atoms with van der Waals surface area (Å²) in [7, 11) is 1.46. The third-order valence-electron chi connectivity index (χ3n) is 1.98. The van der Waals surface area contributed by atoms with Gasteiger partial charge in [0.15, 0.2) is 5.75 Å². The van der Waals surface area contributed by atoms with Crippen LogP contribution < -0.4 is 10.3 Å². The van der Waals surface area contributed by atoms with Crippen molar-refractivity contribution in [3.8, 4) is 5.75 Å². The van der Waals surface area contributed by atoms with Crippen LogP contribution in [0.4, 0.5) is 0 Å². The molecule has 0 aliphatic carbocycles. The first-order chi connectivity index (χ1) is 7.15. The minimum Gasteiger partial charge on any atom is -0.493 e. The Morgan fingerprint density at radius 3 is 2.80 bits per heavy atom. The molecule has 15 heavy (non-hydrogen) atoms. The van der Waals surface area contributed by atoms with E-state index in [1.165, 1.54) is 19.5 Å². The van der Waals surface area contributed by atoms with E-state index in [0.717, 1.165) is 0 Å². The summed E-state index contributed by atoms with van der Waals surface area (Å²) in [5.74, 6) is 0.349. The Morgan fingerprint density at radius 2 is 2.13 bits per heavy atom. The fourth-order valence-electron chi connectivity index (χ4n) is 1.35. The van der Waals surface area contributed by atoms with E-state index in [0.29, 0.717) is 16.3 Å². The Balaban J connectivity index is 3.03. The summed E-state index contributed by atoms with van der Waals surface area (Å²) in [4.78, 5) is 17.9. The normalized spacial score (nSPS) is 10.6. The van der Waals surface area contributed by atoms with Gasteiger partial charge >= 0.3 is 0 Å². The predicted octanol–water partition coefficient (Wildman–Crippen LogP) is 2.24. The minimum absolute atomic E-state index is 0.255. The molecule has 2 rings (SSSR count). The number of methoxy groups -OCH3 is 1. The number of rotatable bonds is 1. The third kappa shape index (κ3) is 1.56. The highest BCUT2D eigenvalue weighted by molar-refractivity contribution is 6.39. The van der Waals surface area contributed by atoms with Crippen LogP contribution in [0.25, 0.3) is 10.9 Å². The summed E-state index contributed by atoms with van der Waals surface area (Å²) < 4.78 is 5.06. The van der Waals surface area contributed by atoms with E-state index >= 15 is 0 Å². The molecule has 0 saturated heterocycles. The highest BCUT2D eigenvalue weighted by atomic mass is 35.5. The summed E-state index contributed by atoms with van der Waals surface area (Å²) >= 11 is 11.8. The molecular formula is C9H6Cl2N2O2. The highest BCUT2D eigenvalue weighted by Crippen LogP contribution is 2.34. The van der Waals surface area contributed by atoms with Gasteiger partial charge in [-0.2, -0.15) is 0 Å². The van der Waals surface area contributed by atoms with Gasteiger partial charge in [0, 0.05) is 0 Å². The van der Waals surface area contributed by atoms with Crippen molar-refractivity contribution < 1.29 is 4.74 Å². The van der Waals surface area contributed by atoms with Crippen molar-refractivity contribution >= 4 is 34.1 Å². The highest BCUT2D eigenvalue weighted by Gasteiger charge is 2.13.